The summed E-state index contributed by atoms with van der Waals surface area (Å²) in [5, 5.41) is 2.93. The zero-order valence-electron chi connectivity index (χ0n) is 12.8. The lowest BCUT2D eigenvalue weighted by molar-refractivity contribution is -0.111. The molecule has 0 aliphatic carbocycles. The SMILES string of the molecule is CCN1CCc2ccc(NC(=O)/C=C/c3ccccc3)cc21. The summed E-state index contributed by atoms with van der Waals surface area (Å²) in [6.07, 6.45) is 4.48. The number of fused-ring (bicyclic) bond motifs is 1. The quantitative estimate of drug-likeness (QED) is 0.871. The van der Waals surface area contributed by atoms with E-state index in [-0.39, 0.29) is 5.91 Å². The smallest absolute Gasteiger partial charge is 0.248 e. The van der Waals surface area contributed by atoms with Gasteiger partial charge >= 0.3 is 0 Å². The molecule has 1 heterocycles. The number of amides is 1. The molecule has 2 aromatic carbocycles. The molecule has 0 saturated carbocycles. The summed E-state index contributed by atoms with van der Waals surface area (Å²) >= 11 is 0. The maximum atomic E-state index is 12.0. The molecule has 2 aromatic rings. The Labute approximate surface area is 131 Å². The number of carbonyl (C=O) groups excluding carboxylic acids is 1. The third kappa shape index (κ3) is 3.19. The lowest BCUT2D eigenvalue weighted by Crippen LogP contribution is -2.19. The van der Waals surface area contributed by atoms with Crippen molar-refractivity contribution in [1.82, 2.24) is 0 Å². The fourth-order valence-electron chi connectivity index (χ4n) is 2.77. The molecule has 0 aromatic heterocycles. The van der Waals surface area contributed by atoms with E-state index in [0.717, 1.165) is 30.8 Å². The first kappa shape index (κ1) is 14.4. The lowest BCUT2D eigenvalue weighted by Gasteiger charge is -2.17. The Kier molecular flexibility index (Phi) is 4.24. The number of carbonyl (C=O) groups is 1. The number of anilines is 2. The zero-order valence-corrected chi connectivity index (χ0v) is 12.8. The first-order chi connectivity index (χ1) is 10.8. The highest BCUT2D eigenvalue weighted by Gasteiger charge is 2.17. The molecule has 0 atom stereocenters. The van der Waals surface area contributed by atoms with Crippen molar-refractivity contribution < 1.29 is 4.79 Å². The van der Waals surface area contributed by atoms with Crippen molar-refractivity contribution in [2.75, 3.05) is 23.3 Å². The van der Waals surface area contributed by atoms with Gasteiger partial charge in [-0.15, -0.1) is 0 Å². The van der Waals surface area contributed by atoms with Gasteiger partial charge in [0.2, 0.25) is 5.91 Å². The van der Waals surface area contributed by atoms with Crippen molar-refractivity contribution in [2.24, 2.45) is 0 Å². The van der Waals surface area contributed by atoms with Gasteiger partial charge in [-0.25, -0.2) is 0 Å². The summed E-state index contributed by atoms with van der Waals surface area (Å²) in [5.74, 6) is -0.107. The van der Waals surface area contributed by atoms with Crippen LogP contribution >= 0.6 is 0 Å². The maximum Gasteiger partial charge on any atom is 0.248 e. The zero-order chi connectivity index (χ0) is 15.4. The number of nitrogens with one attached hydrogen (secondary N) is 1. The minimum absolute atomic E-state index is 0.107. The Morgan fingerprint density at radius 2 is 2.05 bits per heavy atom. The van der Waals surface area contributed by atoms with Crippen molar-refractivity contribution >= 4 is 23.4 Å². The summed E-state index contributed by atoms with van der Waals surface area (Å²) in [5.41, 5.74) is 4.47. The van der Waals surface area contributed by atoms with E-state index in [4.69, 9.17) is 0 Å². The molecule has 3 nitrogen and oxygen atoms in total. The van der Waals surface area contributed by atoms with E-state index in [2.05, 4.69) is 29.3 Å². The van der Waals surface area contributed by atoms with Crippen LogP contribution < -0.4 is 10.2 Å². The van der Waals surface area contributed by atoms with Crippen molar-refractivity contribution in [1.29, 1.82) is 0 Å². The van der Waals surface area contributed by atoms with Crippen LogP contribution in [0.3, 0.4) is 0 Å². The van der Waals surface area contributed by atoms with Gasteiger partial charge < -0.3 is 10.2 Å². The minimum atomic E-state index is -0.107. The molecule has 0 saturated heterocycles. The molecule has 3 rings (SSSR count). The number of benzene rings is 2. The number of hydrogen-bond acceptors (Lipinski definition) is 2. The van der Waals surface area contributed by atoms with E-state index >= 15 is 0 Å². The molecule has 0 fully saturated rings. The van der Waals surface area contributed by atoms with Gasteiger partial charge in [0.05, 0.1) is 0 Å². The van der Waals surface area contributed by atoms with Crippen LogP contribution in [0.4, 0.5) is 11.4 Å². The first-order valence-corrected chi connectivity index (χ1v) is 7.68. The Morgan fingerprint density at radius 1 is 1.23 bits per heavy atom. The van der Waals surface area contributed by atoms with Crippen LogP contribution in [0.15, 0.2) is 54.6 Å². The molecular weight excluding hydrogens is 272 g/mol. The van der Waals surface area contributed by atoms with Crippen molar-refractivity contribution in [3.63, 3.8) is 0 Å². The number of nitrogens with zero attached hydrogens (tertiary/aromatic N) is 1. The second-order valence-corrected chi connectivity index (χ2v) is 5.41. The van der Waals surface area contributed by atoms with E-state index < -0.39 is 0 Å². The van der Waals surface area contributed by atoms with Gasteiger partial charge in [0, 0.05) is 30.5 Å². The van der Waals surface area contributed by atoms with Crippen LogP contribution in [-0.4, -0.2) is 19.0 Å². The first-order valence-electron chi connectivity index (χ1n) is 7.68. The molecule has 0 spiro atoms. The summed E-state index contributed by atoms with van der Waals surface area (Å²) in [6, 6.07) is 16.0. The third-order valence-electron chi connectivity index (χ3n) is 3.95. The Hall–Kier alpha value is -2.55. The monoisotopic (exact) mass is 292 g/mol. The highest BCUT2D eigenvalue weighted by Crippen LogP contribution is 2.30. The minimum Gasteiger partial charge on any atom is -0.371 e. The van der Waals surface area contributed by atoms with E-state index in [1.54, 1.807) is 6.08 Å². The predicted octanol–water partition coefficient (Wildman–Crippen LogP) is 3.72. The fraction of sp³-hybridized carbons (Fsp3) is 0.211. The van der Waals surface area contributed by atoms with E-state index in [9.17, 15) is 4.79 Å². The number of hydrogen-bond donors (Lipinski definition) is 1. The van der Waals surface area contributed by atoms with Crippen LogP contribution in [-0.2, 0) is 11.2 Å². The van der Waals surface area contributed by atoms with Gasteiger partial charge in [-0.05, 0) is 42.7 Å². The van der Waals surface area contributed by atoms with Gasteiger partial charge in [-0.2, -0.15) is 0 Å². The molecule has 1 N–H and O–H groups in total. The topological polar surface area (TPSA) is 32.3 Å². The highest BCUT2D eigenvalue weighted by atomic mass is 16.1. The Bertz CT molecular complexity index is 692. The van der Waals surface area contributed by atoms with Crippen LogP contribution in [0.1, 0.15) is 18.1 Å². The average Bonchev–Trinajstić information content (AvgIpc) is 2.96. The predicted molar refractivity (Wildman–Crippen MR) is 92.1 cm³/mol. The molecular formula is C19H20N2O. The Morgan fingerprint density at radius 3 is 2.82 bits per heavy atom. The van der Waals surface area contributed by atoms with Gasteiger partial charge in [0.25, 0.3) is 0 Å². The largest absolute Gasteiger partial charge is 0.371 e. The maximum absolute atomic E-state index is 12.0. The molecule has 0 bridgehead atoms. The molecule has 112 valence electrons. The fourth-order valence-corrected chi connectivity index (χ4v) is 2.77. The highest BCUT2D eigenvalue weighted by molar-refractivity contribution is 6.02. The summed E-state index contributed by atoms with van der Waals surface area (Å²) < 4.78 is 0. The van der Waals surface area contributed by atoms with Crippen molar-refractivity contribution in [3.8, 4) is 0 Å². The van der Waals surface area contributed by atoms with Gasteiger partial charge in [-0.1, -0.05) is 36.4 Å². The summed E-state index contributed by atoms with van der Waals surface area (Å²) in [7, 11) is 0. The molecule has 1 amide bonds. The second-order valence-electron chi connectivity index (χ2n) is 5.41. The van der Waals surface area contributed by atoms with Crippen LogP contribution in [0.25, 0.3) is 6.08 Å². The standard InChI is InChI=1S/C19H20N2O/c1-2-21-13-12-16-9-10-17(14-18(16)21)20-19(22)11-8-15-6-4-3-5-7-15/h3-11,14H,2,12-13H2,1H3,(H,20,22)/b11-8+. The molecule has 0 unspecified atom stereocenters. The number of rotatable bonds is 4. The van der Waals surface area contributed by atoms with E-state index in [0.29, 0.717) is 0 Å². The van der Waals surface area contributed by atoms with Crippen LogP contribution in [0.5, 0.6) is 0 Å². The molecule has 1 aliphatic rings. The van der Waals surface area contributed by atoms with Gasteiger partial charge in [0.15, 0.2) is 0 Å². The summed E-state index contributed by atoms with van der Waals surface area (Å²) in [4.78, 5) is 14.4. The molecule has 3 heteroatoms. The second kappa shape index (κ2) is 6.48. The van der Waals surface area contributed by atoms with E-state index in [1.165, 1.54) is 11.3 Å². The van der Waals surface area contributed by atoms with E-state index in [1.807, 2.05) is 42.5 Å². The molecule has 0 radical (unpaired) electrons. The molecule has 22 heavy (non-hydrogen) atoms. The summed E-state index contributed by atoms with van der Waals surface area (Å²) in [6.45, 7) is 4.22. The molecule has 1 aliphatic heterocycles. The lowest BCUT2D eigenvalue weighted by atomic mass is 10.1. The van der Waals surface area contributed by atoms with Gasteiger partial charge in [-0.3, -0.25) is 4.79 Å². The third-order valence-corrected chi connectivity index (χ3v) is 3.95. The Balaban J connectivity index is 1.69. The van der Waals surface area contributed by atoms with Crippen LogP contribution in [0, 0.1) is 0 Å². The normalized spacial score (nSPS) is 13.4. The van der Waals surface area contributed by atoms with Crippen molar-refractivity contribution in [3.05, 3.63) is 65.7 Å². The van der Waals surface area contributed by atoms with Crippen molar-refractivity contribution in [2.45, 2.75) is 13.3 Å². The average molecular weight is 292 g/mol. The van der Waals surface area contributed by atoms with Gasteiger partial charge in [0.1, 0.15) is 0 Å². The van der Waals surface area contributed by atoms with Crippen LogP contribution in [0.2, 0.25) is 0 Å². The number of likely N-dealkylation sites (N-methyl/N-ethyl adjacent to an activating group) is 1.